The summed E-state index contributed by atoms with van der Waals surface area (Å²) in [6.07, 6.45) is 8.71. The third kappa shape index (κ3) is 5.13. The van der Waals surface area contributed by atoms with Crippen LogP contribution in [-0.4, -0.2) is 11.7 Å². The highest BCUT2D eigenvalue weighted by Gasteiger charge is 1.80. The van der Waals surface area contributed by atoms with Crippen molar-refractivity contribution in [3.05, 3.63) is 11.6 Å². The van der Waals surface area contributed by atoms with Crippen molar-refractivity contribution < 1.29 is 5.11 Å². The summed E-state index contributed by atoms with van der Waals surface area (Å²) in [7, 11) is 0. The van der Waals surface area contributed by atoms with Gasteiger partial charge in [-0.2, -0.15) is 0 Å². The summed E-state index contributed by atoms with van der Waals surface area (Å²) in [5.74, 6) is 2.50. The first-order valence-corrected chi connectivity index (χ1v) is 3.05. The molecule has 0 rings (SSSR count). The normalized spacial score (nSPS) is 11.0. The molecule has 50 valence electrons. The van der Waals surface area contributed by atoms with E-state index in [1.165, 1.54) is 0 Å². The Morgan fingerprint density at radius 2 is 2.44 bits per heavy atom. The van der Waals surface area contributed by atoms with E-state index < -0.39 is 0 Å². The fourth-order valence-electron chi connectivity index (χ4n) is 0.469. The quantitative estimate of drug-likeness (QED) is 0.444. The van der Waals surface area contributed by atoms with Gasteiger partial charge >= 0.3 is 0 Å². The van der Waals surface area contributed by atoms with Crippen molar-refractivity contribution in [2.24, 2.45) is 0 Å². The van der Waals surface area contributed by atoms with E-state index in [0.717, 1.165) is 18.4 Å². The molecular formula is C8H12O. The van der Waals surface area contributed by atoms with E-state index in [4.69, 9.17) is 11.5 Å². The van der Waals surface area contributed by atoms with Crippen molar-refractivity contribution in [1.82, 2.24) is 0 Å². The summed E-state index contributed by atoms with van der Waals surface area (Å²) in [5, 5.41) is 8.37. The monoisotopic (exact) mass is 124 g/mol. The summed E-state index contributed by atoms with van der Waals surface area (Å²) in [6.45, 7) is 2.13. The lowest BCUT2D eigenvalue weighted by Crippen LogP contribution is -1.79. The van der Waals surface area contributed by atoms with Crippen LogP contribution in [0.4, 0.5) is 0 Å². The first-order valence-electron chi connectivity index (χ1n) is 3.05. The van der Waals surface area contributed by atoms with E-state index in [1.54, 1.807) is 0 Å². The van der Waals surface area contributed by atoms with Gasteiger partial charge in [0.25, 0.3) is 0 Å². The molecule has 0 saturated heterocycles. The van der Waals surface area contributed by atoms with Crippen molar-refractivity contribution in [2.45, 2.75) is 19.8 Å². The fourth-order valence-corrected chi connectivity index (χ4v) is 0.469. The van der Waals surface area contributed by atoms with Gasteiger partial charge in [0.05, 0.1) is 0 Å². The molecular weight excluding hydrogens is 112 g/mol. The lowest BCUT2D eigenvalue weighted by atomic mass is 10.2. The maximum absolute atomic E-state index is 8.37. The lowest BCUT2D eigenvalue weighted by Gasteiger charge is -1.88. The highest BCUT2D eigenvalue weighted by Crippen LogP contribution is 1.95. The molecule has 0 aliphatic carbocycles. The minimum Gasteiger partial charge on any atom is -0.396 e. The molecule has 0 unspecified atom stereocenters. The van der Waals surface area contributed by atoms with Crippen LogP contribution >= 0.6 is 0 Å². The van der Waals surface area contributed by atoms with Crippen molar-refractivity contribution in [3.8, 4) is 12.3 Å². The number of hydrogen-bond donors (Lipinski definition) is 1. The standard InChI is InChI=1S/C8H12O/c1-3-8(2)6-4-5-7-9/h1,6,9H,4-5,7H2,2H3/b8-6-. The first kappa shape index (κ1) is 8.26. The van der Waals surface area contributed by atoms with Crippen LogP contribution in [0.5, 0.6) is 0 Å². The van der Waals surface area contributed by atoms with Crippen LogP contribution in [0.15, 0.2) is 11.6 Å². The molecule has 9 heavy (non-hydrogen) atoms. The van der Waals surface area contributed by atoms with Crippen LogP contribution in [-0.2, 0) is 0 Å². The Morgan fingerprint density at radius 3 is 2.89 bits per heavy atom. The van der Waals surface area contributed by atoms with Gasteiger partial charge in [-0.05, 0) is 25.3 Å². The van der Waals surface area contributed by atoms with Crippen LogP contribution in [0.3, 0.4) is 0 Å². The molecule has 1 heteroatoms. The molecule has 0 fully saturated rings. The fraction of sp³-hybridized carbons (Fsp3) is 0.500. The van der Waals surface area contributed by atoms with E-state index in [1.807, 2.05) is 13.0 Å². The Kier molecular flexibility index (Phi) is 4.95. The minimum absolute atomic E-state index is 0.244. The summed E-state index contributed by atoms with van der Waals surface area (Å²) in [5.41, 5.74) is 0.948. The summed E-state index contributed by atoms with van der Waals surface area (Å²) < 4.78 is 0. The van der Waals surface area contributed by atoms with Gasteiger partial charge in [-0.25, -0.2) is 0 Å². The molecule has 0 aromatic rings. The Hall–Kier alpha value is -0.740. The van der Waals surface area contributed by atoms with Crippen LogP contribution < -0.4 is 0 Å². The number of aliphatic hydroxyl groups excluding tert-OH is 1. The van der Waals surface area contributed by atoms with Crippen molar-refractivity contribution in [1.29, 1.82) is 0 Å². The third-order valence-electron chi connectivity index (χ3n) is 1.04. The van der Waals surface area contributed by atoms with Gasteiger partial charge < -0.3 is 5.11 Å². The molecule has 0 atom stereocenters. The second kappa shape index (κ2) is 5.40. The Labute approximate surface area is 56.4 Å². The molecule has 1 N–H and O–H groups in total. The highest BCUT2D eigenvalue weighted by molar-refractivity contribution is 5.21. The second-order valence-electron chi connectivity index (χ2n) is 1.90. The number of hydrogen-bond acceptors (Lipinski definition) is 1. The molecule has 0 spiro atoms. The van der Waals surface area contributed by atoms with Gasteiger partial charge in [0, 0.05) is 6.61 Å². The number of allylic oxidation sites excluding steroid dienone is 2. The zero-order chi connectivity index (χ0) is 7.11. The van der Waals surface area contributed by atoms with Gasteiger partial charge in [-0.15, -0.1) is 6.42 Å². The van der Waals surface area contributed by atoms with E-state index in [9.17, 15) is 0 Å². The SMILES string of the molecule is C#C/C(C)=C\CCCO. The van der Waals surface area contributed by atoms with Gasteiger partial charge in [0.2, 0.25) is 0 Å². The average molecular weight is 124 g/mol. The number of terminal acetylenes is 1. The second-order valence-corrected chi connectivity index (χ2v) is 1.90. The largest absolute Gasteiger partial charge is 0.396 e. The summed E-state index contributed by atoms with van der Waals surface area (Å²) in [6, 6.07) is 0. The molecule has 0 aliphatic rings. The minimum atomic E-state index is 0.244. The molecule has 0 heterocycles. The van der Waals surface area contributed by atoms with E-state index >= 15 is 0 Å². The molecule has 0 bridgehead atoms. The maximum Gasteiger partial charge on any atom is 0.0433 e. The molecule has 1 nitrogen and oxygen atoms in total. The zero-order valence-corrected chi connectivity index (χ0v) is 5.72. The van der Waals surface area contributed by atoms with Crippen LogP contribution in [0, 0.1) is 12.3 Å². The maximum atomic E-state index is 8.37. The average Bonchev–Trinajstić information content (AvgIpc) is 1.89. The van der Waals surface area contributed by atoms with E-state index in [0.29, 0.717) is 0 Å². The van der Waals surface area contributed by atoms with Gasteiger partial charge in [0.1, 0.15) is 0 Å². The summed E-state index contributed by atoms with van der Waals surface area (Å²) >= 11 is 0. The van der Waals surface area contributed by atoms with Crippen molar-refractivity contribution in [2.75, 3.05) is 6.61 Å². The van der Waals surface area contributed by atoms with E-state index in [2.05, 4.69) is 5.92 Å². The predicted molar refractivity (Wildman–Crippen MR) is 38.9 cm³/mol. The first-order chi connectivity index (χ1) is 4.31. The number of rotatable bonds is 3. The smallest absolute Gasteiger partial charge is 0.0433 e. The zero-order valence-electron chi connectivity index (χ0n) is 5.72. The Morgan fingerprint density at radius 1 is 1.78 bits per heavy atom. The van der Waals surface area contributed by atoms with Gasteiger partial charge in [-0.3, -0.25) is 0 Å². The topological polar surface area (TPSA) is 20.2 Å². The van der Waals surface area contributed by atoms with Crippen LogP contribution in [0.2, 0.25) is 0 Å². The van der Waals surface area contributed by atoms with Crippen LogP contribution in [0.1, 0.15) is 19.8 Å². The van der Waals surface area contributed by atoms with Crippen LogP contribution in [0.25, 0.3) is 0 Å². The summed E-state index contributed by atoms with van der Waals surface area (Å²) in [4.78, 5) is 0. The number of unbranched alkanes of at least 4 members (excludes halogenated alkanes) is 1. The molecule has 0 saturated carbocycles. The van der Waals surface area contributed by atoms with Crippen molar-refractivity contribution in [3.63, 3.8) is 0 Å². The molecule has 0 amide bonds. The molecule has 0 aromatic heterocycles. The van der Waals surface area contributed by atoms with Crippen molar-refractivity contribution >= 4 is 0 Å². The highest BCUT2D eigenvalue weighted by atomic mass is 16.2. The molecule has 0 radical (unpaired) electrons. The lowest BCUT2D eigenvalue weighted by molar-refractivity contribution is 0.289. The molecule has 0 aromatic carbocycles. The van der Waals surface area contributed by atoms with Gasteiger partial charge in [0.15, 0.2) is 0 Å². The van der Waals surface area contributed by atoms with Gasteiger partial charge in [-0.1, -0.05) is 12.0 Å². The third-order valence-corrected chi connectivity index (χ3v) is 1.04. The van der Waals surface area contributed by atoms with E-state index in [-0.39, 0.29) is 6.61 Å². The molecule has 0 aliphatic heterocycles. The Bertz CT molecular complexity index is 128. The Balaban J connectivity index is 3.35. The number of aliphatic hydroxyl groups is 1. The predicted octanol–water partition coefficient (Wildman–Crippen LogP) is 1.34.